The fourth-order valence-electron chi connectivity index (χ4n) is 2.37. The molecule has 1 aromatic carbocycles. The average Bonchev–Trinajstić information content (AvgIpc) is 2.24. The van der Waals surface area contributed by atoms with E-state index in [2.05, 4.69) is 46.4 Å². The van der Waals surface area contributed by atoms with E-state index in [0.717, 1.165) is 17.9 Å². The Hall–Kier alpha value is -0.630. The van der Waals surface area contributed by atoms with E-state index >= 15 is 0 Å². The number of rotatable bonds is 4. The first-order valence-corrected chi connectivity index (χ1v) is 6.41. The smallest absolute Gasteiger partial charge is 0.122 e. The molecule has 1 aromatic rings. The van der Waals surface area contributed by atoms with Gasteiger partial charge in [-0.15, -0.1) is 0 Å². The van der Waals surface area contributed by atoms with Gasteiger partial charge in [-0.2, -0.15) is 12.6 Å². The molecule has 0 fully saturated rings. The standard InChI is InChI=1S/C14H22OS/c1-9(6-7-16)14-10(2)8-13(15-5)11(3)12(14)4/h8-9,16H,6-7H2,1-5H3. The summed E-state index contributed by atoms with van der Waals surface area (Å²) in [5.41, 5.74) is 5.42. The van der Waals surface area contributed by atoms with Crippen molar-refractivity contribution in [3.63, 3.8) is 0 Å². The van der Waals surface area contributed by atoms with Gasteiger partial charge < -0.3 is 4.74 Å². The summed E-state index contributed by atoms with van der Waals surface area (Å²) in [6.45, 7) is 8.76. The van der Waals surface area contributed by atoms with Crippen LogP contribution < -0.4 is 4.74 Å². The average molecular weight is 238 g/mol. The van der Waals surface area contributed by atoms with Crippen LogP contribution in [0.15, 0.2) is 6.07 Å². The molecule has 0 N–H and O–H groups in total. The third kappa shape index (κ3) is 2.54. The van der Waals surface area contributed by atoms with Crippen LogP contribution in [0.4, 0.5) is 0 Å². The maximum atomic E-state index is 5.39. The van der Waals surface area contributed by atoms with E-state index in [-0.39, 0.29) is 0 Å². The highest BCUT2D eigenvalue weighted by atomic mass is 32.1. The van der Waals surface area contributed by atoms with Crippen molar-refractivity contribution >= 4 is 12.6 Å². The summed E-state index contributed by atoms with van der Waals surface area (Å²) in [4.78, 5) is 0. The van der Waals surface area contributed by atoms with Crippen molar-refractivity contribution in [2.75, 3.05) is 12.9 Å². The Balaban J connectivity index is 3.24. The number of aryl methyl sites for hydroxylation is 1. The summed E-state index contributed by atoms with van der Waals surface area (Å²) >= 11 is 4.32. The van der Waals surface area contributed by atoms with Crippen LogP contribution in [0.3, 0.4) is 0 Å². The maximum Gasteiger partial charge on any atom is 0.122 e. The molecule has 0 aromatic heterocycles. The Morgan fingerprint density at radius 2 is 1.88 bits per heavy atom. The summed E-state index contributed by atoms with van der Waals surface area (Å²) in [6, 6.07) is 2.15. The monoisotopic (exact) mass is 238 g/mol. The van der Waals surface area contributed by atoms with E-state index in [4.69, 9.17) is 4.74 Å². The number of thiol groups is 1. The SMILES string of the molecule is COc1cc(C)c(C(C)CCS)c(C)c1C. The van der Waals surface area contributed by atoms with Gasteiger partial charge in [-0.3, -0.25) is 0 Å². The van der Waals surface area contributed by atoms with Gasteiger partial charge in [0.25, 0.3) is 0 Å². The van der Waals surface area contributed by atoms with Crippen molar-refractivity contribution < 1.29 is 4.74 Å². The molecular formula is C14H22OS. The Labute approximate surface area is 105 Å². The summed E-state index contributed by atoms with van der Waals surface area (Å²) in [5, 5.41) is 0. The van der Waals surface area contributed by atoms with Gasteiger partial charge in [0.1, 0.15) is 5.75 Å². The summed E-state index contributed by atoms with van der Waals surface area (Å²) in [6.07, 6.45) is 1.12. The first-order valence-electron chi connectivity index (χ1n) is 5.78. The minimum Gasteiger partial charge on any atom is -0.496 e. The van der Waals surface area contributed by atoms with Crippen molar-refractivity contribution in [3.05, 3.63) is 28.3 Å². The molecule has 0 aliphatic heterocycles. The number of ether oxygens (including phenoxy) is 1. The number of methoxy groups -OCH3 is 1. The zero-order valence-corrected chi connectivity index (χ0v) is 11.8. The van der Waals surface area contributed by atoms with Crippen molar-refractivity contribution in [3.8, 4) is 5.75 Å². The van der Waals surface area contributed by atoms with E-state index in [9.17, 15) is 0 Å². The predicted molar refractivity (Wildman–Crippen MR) is 74.1 cm³/mol. The van der Waals surface area contributed by atoms with Gasteiger partial charge in [0.2, 0.25) is 0 Å². The van der Waals surface area contributed by atoms with Crippen LogP contribution in [0.1, 0.15) is 41.5 Å². The molecule has 0 bridgehead atoms. The van der Waals surface area contributed by atoms with Crippen LogP contribution >= 0.6 is 12.6 Å². The molecule has 1 nitrogen and oxygen atoms in total. The lowest BCUT2D eigenvalue weighted by Crippen LogP contribution is -2.04. The molecule has 1 atom stereocenters. The minimum absolute atomic E-state index is 0.571. The molecule has 1 unspecified atom stereocenters. The molecule has 16 heavy (non-hydrogen) atoms. The first-order chi connectivity index (χ1) is 7.52. The molecule has 2 heteroatoms. The summed E-state index contributed by atoms with van der Waals surface area (Å²) < 4.78 is 5.39. The van der Waals surface area contributed by atoms with Crippen molar-refractivity contribution in [1.82, 2.24) is 0 Å². The van der Waals surface area contributed by atoms with Crippen LogP contribution in [0.2, 0.25) is 0 Å². The Kier molecular flexibility index (Phi) is 4.72. The molecule has 90 valence electrons. The molecule has 0 radical (unpaired) electrons. The molecule has 0 saturated heterocycles. The molecule has 0 amide bonds. The van der Waals surface area contributed by atoms with Gasteiger partial charge in [0, 0.05) is 0 Å². The van der Waals surface area contributed by atoms with E-state index in [1.54, 1.807) is 7.11 Å². The molecule has 0 aliphatic rings. The topological polar surface area (TPSA) is 9.23 Å². The Morgan fingerprint density at radius 3 is 2.38 bits per heavy atom. The van der Waals surface area contributed by atoms with Crippen LogP contribution in [0.5, 0.6) is 5.75 Å². The van der Waals surface area contributed by atoms with Crippen LogP contribution in [0.25, 0.3) is 0 Å². The van der Waals surface area contributed by atoms with Crippen LogP contribution in [-0.4, -0.2) is 12.9 Å². The van der Waals surface area contributed by atoms with E-state index < -0.39 is 0 Å². The Bertz CT molecular complexity index is 371. The van der Waals surface area contributed by atoms with Gasteiger partial charge >= 0.3 is 0 Å². The zero-order valence-electron chi connectivity index (χ0n) is 10.9. The normalized spacial score (nSPS) is 12.6. The molecule has 0 saturated carbocycles. The second-order valence-electron chi connectivity index (χ2n) is 4.47. The third-order valence-corrected chi connectivity index (χ3v) is 3.64. The molecule has 0 aliphatic carbocycles. The van der Waals surface area contributed by atoms with E-state index in [1.165, 1.54) is 22.3 Å². The van der Waals surface area contributed by atoms with Gasteiger partial charge in [0.05, 0.1) is 7.11 Å². The van der Waals surface area contributed by atoms with Gasteiger partial charge in [-0.25, -0.2) is 0 Å². The second-order valence-corrected chi connectivity index (χ2v) is 4.92. The fraction of sp³-hybridized carbons (Fsp3) is 0.571. The van der Waals surface area contributed by atoms with E-state index in [1.807, 2.05) is 0 Å². The van der Waals surface area contributed by atoms with Gasteiger partial charge in [0.15, 0.2) is 0 Å². The third-order valence-electron chi connectivity index (χ3n) is 3.38. The van der Waals surface area contributed by atoms with Crippen molar-refractivity contribution in [2.24, 2.45) is 0 Å². The lowest BCUT2D eigenvalue weighted by Gasteiger charge is -2.20. The summed E-state index contributed by atoms with van der Waals surface area (Å²) in [5.74, 6) is 2.50. The van der Waals surface area contributed by atoms with Crippen LogP contribution in [-0.2, 0) is 0 Å². The number of benzene rings is 1. The lowest BCUT2D eigenvalue weighted by molar-refractivity contribution is 0.410. The lowest BCUT2D eigenvalue weighted by atomic mass is 9.87. The maximum absolute atomic E-state index is 5.39. The Morgan fingerprint density at radius 1 is 1.25 bits per heavy atom. The first kappa shape index (κ1) is 13.4. The van der Waals surface area contributed by atoms with Gasteiger partial charge in [-0.05, 0) is 67.2 Å². The molecule has 0 spiro atoms. The predicted octanol–water partition coefficient (Wildman–Crippen LogP) is 4.04. The number of hydrogen-bond donors (Lipinski definition) is 1. The van der Waals surface area contributed by atoms with Gasteiger partial charge in [-0.1, -0.05) is 6.92 Å². The molecular weight excluding hydrogens is 216 g/mol. The largest absolute Gasteiger partial charge is 0.496 e. The quantitative estimate of drug-likeness (QED) is 0.779. The van der Waals surface area contributed by atoms with Crippen LogP contribution in [0, 0.1) is 20.8 Å². The number of hydrogen-bond acceptors (Lipinski definition) is 2. The highest BCUT2D eigenvalue weighted by Crippen LogP contribution is 2.33. The minimum atomic E-state index is 0.571. The fourth-order valence-corrected chi connectivity index (χ4v) is 2.76. The highest BCUT2D eigenvalue weighted by Gasteiger charge is 2.15. The molecule has 0 heterocycles. The highest BCUT2D eigenvalue weighted by molar-refractivity contribution is 7.80. The van der Waals surface area contributed by atoms with E-state index in [0.29, 0.717) is 5.92 Å². The second kappa shape index (κ2) is 5.62. The molecule has 1 rings (SSSR count). The van der Waals surface area contributed by atoms with Crippen molar-refractivity contribution in [1.29, 1.82) is 0 Å². The zero-order chi connectivity index (χ0) is 12.3. The summed E-state index contributed by atoms with van der Waals surface area (Å²) in [7, 11) is 1.73. The van der Waals surface area contributed by atoms with Crippen molar-refractivity contribution in [2.45, 2.75) is 40.0 Å².